The molecule has 0 atom stereocenters. The fourth-order valence-corrected chi connectivity index (χ4v) is 1.59. The molecule has 0 unspecified atom stereocenters. The highest BCUT2D eigenvalue weighted by molar-refractivity contribution is 5.89. The molecule has 2 N–H and O–H groups in total. The van der Waals surface area contributed by atoms with Crippen molar-refractivity contribution in [3.8, 4) is 5.75 Å². The molecule has 0 bridgehead atoms. The van der Waals surface area contributed by atoms with Gasteiger partial charge in [0.15, 0.2) is 11.6 Å². The first-order valence-corrected chi connectivity index (χ1v) is 5.97. The van der Waals surface area contributed by atoms with Gasteiger partial charge in [-0.1, -0.05) is 6.07 Å². The smallest absolute Gasteiger partial charge is 0.319 e. The quantitative estimate of drug-likeness (QED) is 0.901. The SMILES string of the molecule is COc1ccc(NC(=O)NCc2ccccn2)cc1F. The number of carbonyl (C=O) groups excluding carboxylic acids is 1. The third-order valence-corrected chi connectivity index (χ3v) is 2.57. The molecule has 2 aromatic rings. The maximum atomic E-state index is 13.4. The summed E-state index contributed by atoms with van der Waals surface area (Å²) < 4.78 is 18.2. The molecule has 20 heavy (non-hydrogen) atoms. The van der Waals surface area contributed by atoms with Crippen LogP contribution < -0.4 is 15.4 Å². The number of benzene rings is 1. The van der Waals surface area contributed by atoms with Crippen LogP contribution in [0.4, 0.5) is 14.9 Å². The fourth-order valence-electron chi connectivity index (χ4n) is 1.59. The van der Waals surface area contributed by atoms with E-state index in [1.165, 1.54) is 19.2 Å². The van der Waals surface area contributed by atoms with E-state index < -0.39 is 11.8 Å². The van der Waals surface area contributed by atoms with Crippen LogP contribution in [0.1, 0.15) is 5.69 Å². The Kier molecular flexibility index (Phi) is 4.49. The number of nitrogens with zero attached hydrogens (tertiary/aromatic N) is 1. The van der Waals surface area contributed by atoms with Gasteiger partial charge in [0.25, 0.3) is 0 Å². The number of aromatic nitrogens is 1. The molecular formula is C14H14FN3O2. The predicted molar refractivity (Wildman–Crippen MR) is 73.0 cm³/mol. The van der Waals surface area contributed by atoms with Crippen LogP contribution in [0.15, 0.2) is 42.6 Å². The third kappa shape index (κ3) is 3.68. The molecule has 1 aromatic carbocycles. The van der Waals surface area contributed by atoms with Crippen molar-refractivity contribution in [1.29, 1.82) is 0 Å². The molecular weight excluding hydrogens is 261 g/mol. The largest absolute Gasteiger partial charge is 0.494 e. The lowest BCUT2D eigenvalue weighted by Gasteiger charge is -2.08. The number of nitrogens with one attached hydrogen (secondary N) is 2. The van der Waals surface area contributed by atoms with Crippen molar-refractivity contribution >= 4 is 11.7 Å². The Morgan fingerprint density at radius 2 is 2.20 bits per heavy atom. The van der Waals surface area contributed by atoms with Crippen LogP contribution in [0.25, 0.3) is 0 Å². The van der Waals surface area contributed by atoms with Crippen molar-refractivity contribution in [1.82, 2.24) is 10.3 Å². The predicted octanol–water partition coefficient (Wildman–Crippen LogP) is 2.55. The topological polar surface area (TPSA) is 63.2 Å². The normalized spacial score (nSPS) is 9.90. The molecule has 1 heterocycles. The second kappa shape index (κ2) is 6.51. The monoisotopic (exact) mass is 275 g/mol. The minimum Gasteiger partial charge on any atom is -0.494 e. The highest BCUT2D eigenvalue weighted by Gasteiger charge is 2.06. The highest BCUT2D eigenvalue weighted by Crippen LogP contribution is 2.20. The lowest BCUT2D eigenvalue weighted by atomic mass is 10.3. The van der Waals surface area contributed by atoms with Gasteiger partial charge >= 0.3 is 6.03 Å². The van der Waals surface area contributed by atoms with Crippen LogP contribution in [0.5, 0.6) is 5.75 Å². The second-order valence-electron chi connectivity index (χ2n) is 3.98. The molecule has 0 aliphatic carbocycles. The van der Waals surface area contributed by atoms with Gasteiger partial charge < -0.3 is 15.4 Å². The lowest BCUT2D eigenvalue weighted by molar-refractivity contribution is 0.251. The number of hydrogen-bond acceptors (Lipinski definition) is 3. The Bertz CT molecular complexity index is 590. The molecule has 5 nitrogen and oxygen atoms in total. The number of urea groups is 1. The van der Waals surface area contributed by atoms with Gasteiger partial charge in [0, 0.05) is 18.0 Å². The lowest BCUT2D eigenvalue weighted by Crippen LogP contribution is -2.28. The summed E-state index contributed by atoms with van der Waals surface area (Å²) in [5.41, 5.74) is 1.09. The van der Waals surface area contributed by atoms with Gasteiger partial charge in [-0.2, -0.15) is 0 Å². The summed E-state index contributed by atoms with van der Waals surface area (Å²) in [6.45, 7) is 0.297. The molecule has 0 aliphatic rings. The maximum absolute atomic E-state index is 13.4. The number of pyridine rings is 1. The van der Waals surface area contributed by atoms with E-state index in [1.807, 2.05) is 6.07 Å². The van der Waals surface area contributed by atoms with E-state index in [1.54, 1.807) is 24.4 Å². The molecule has 2 amide bonds. The standard InChI is InChI=1S/C14H14FN3O2/c1-20-13-6-5-10(8-12(13)15)18-14(19)17-9-11-4-2-3-7-16-11/h2-8H,9H2,1H3,(H2,17,18,19). The average molecular weight is 275 g/mol. The van der Waals surface area contributed by atoms with Crippen LogP contribution in [-0.2, 0) is 6.54 Å². The molecule has 1 aromatic heterocycles. The number of hydrogen-bond donors (Lipinski definition) is 2. The first kappa shape index (κ1) is 13.8. The number of amides is 2. The minimum atomic E-state index is -0.532. The first-order chi connectivity index (χ1) is 9.69. The summed E-state index contributed by atoms with van der Waals surface area (Å²) in [5.74, 6) is -0.403. The molecule has 6 heteroatoms. The zero-order valence-electron chi connectivity index (χ0n) is 10.9. The summed E-state index contributed by atoms with van der Waals surface area (Å²) >= 11 is 0. The molecule has 0 radical (unpaired) electrons. The van der Waals surface area contributed by atoms with Crippen LogP contribution >= 0.6 is 0 Å². The Hall–Kier alpha value is -2.63. The first-order valence-electron chi connectivity index (χ1n) is 5.97. The highest BCUT2D eigenvalue weighted by atomic mass is 19.1. The Balaban J connectivity index is 1.90. The van der Waals surface area contributed by atoms with Gasteiger partial charge in [-0.3, -0.25) is 4.98 Å². The van der Waals surface area contributed by atoms with E-state index in [-0.39, 0.29) is 5.75 Å². The number of rotatable bonds is 4. The Morgan fingerprint density at radius 3 is 2.85 bits per heavy atom. The molecule has 0 saturated heterocycles. The fraction of sp³-hybridized carbons (Fsp3) is 0.143. The molecule has 0 fully saturated rings. The zero-order valence-corrected chi connectivity index (χ0v) is 10.9. The van der Waals surface area contributed by atoms with E-state index >= 15 is 0 Å². The van der Waals surface area contributed by atoms with E-state index in [2.05, 4.69) is 15.6 Å². The van der Waals surface area contributed by atoms with Crippen LogP contribution in [0.2, 0.25) is 0 Å². The molecule has 104 valence electrons. The number of ether oxygens (including phenoxy) is 1. The van der Waals surface area contributed by atoms with Gasteiger partial charge in [0.1, 0.15) is 0 Å². The second-order valence-corrected chi connectivity index (χ2v) is 3.98. The van der Waals surface area contributed by atoms with Gasteiger partial charge in [-0.25, -0.2) is 9.18 Å². The van der Waals surface area contributed by atoms with Gasteiger partial charge in [0.2, 0.25) is 0 Å². The van der Waals surface area contributed by atoms with Crippen LogP contribution in [0.3, 0.4) is 0 Å². The zero-order chi connectivity index (χ0) is 14.4. The molecule has 0 spiro atoms. The van der Waals surface area contributed by atoms with Crippen molar-refractivity contribution in [2.24, 2.45) is 0 Å². The molecule has 0 aliphatic heterocycles. The average Bonchev–Trinajstić information content (AvgIpc) is 2.46. The third-order valence-electron chi connectivity index (χ3n) is 2.57. The summed E-state index contributed by atoms with van der Waals surface area (Å²) in [5, 5.41) is 5.16. The van der Waals surface area contributed by atoms with E-state index in [9.17, 15) is 9.18 Å². The number of carbonyl (C=O) groups is 1. The van der Waals surface area contributed by atoms with Gasteiger partial charge in [-0.15, -0.1) is 0 Å². The molecule has 2 rings (SSSR count). The van der Waals surface area contributed by atoms with Gasteiger partial charge in [0.05, 0.1) is 19.3 Å². The van der Waals surface area contributed by atoms with E-state index in [0.717, 1.165) is 5.69 Å². The van der Waals surface area contributed by atoms with E-state index in [4.69, 9.17) is 4.74 Å². The van der Waals surface area contributed by atoms with Crippen LogP contribution in [-0.4, -0.2) is 18.1 Å². The van der Waals surface area contributed by atoms with Crippen molar-refractivity contribution in [2.75, 3.05) is 12.4 Å². The Morgan fingerprint density at radius 1 is 1.35 bits per heavy atom. The number of anilines is 1. The summed E-state index contributed by atoms with van der Waals surface area (Å²) in [6, 6.07) is 9.20. The van der Waals surface area contributed by atoms with E-state index in [0.29, 0.717) is 12.2 Å². The van der Waals surface area contributed by atoms with Gasteiger partial charge in [-0.05, 0) is 24.3 Å². The Labute approximate surface area is 115 Å². The number of halogens is 1. The van der Waals surface area contributed by atoms with Crippen LogP contribution in [0, 0.1) is 5.82 Å². The summed E-state index contributed by atoms with van der Waals surface area (Å²) in [7, 11) is 1.38. The summed E-state index contributed by atoms with van der Waals surface area (Å²) in [6.07, 6.45) is 1.65. The minimum absolute atomic E-state index is 0.129. The maximum Gasteiger partial charge on any atom is 0.319 e. The van der Waals surface area contributed by atoms with Crippen molar-refractivity contribution in [3.05, 3.63) is 54.1 Å². The number of methoxy groups -OCH3 is 1. The molecule has 0 saturated carbocycles. The van der Waals surface area contributed by atoms with Crippen molar-refractivity contribution in [2.45, 2.75) is 6.54 Å². The van der Waals surface area contributed by atoms with Crippen molar-refractivity contribution < 1.29 is 13.9 Å². The van der Waals surface area contributed by atoms with Crippen molar-refractivity contribution in [3.63, 3.8) is 0 Å². The summed E-state index contributed by atoms with van der Waals surface area (Å²) in [4.78, 5) is 15.7.